The lowest BCUT2D eigenvalue weighted by atomic mass is 9.66. The van der Waals surface area contributed by atoms with Gasteiger partial charge < -0.3 is 15.2 Å². The Morgan fingerprint density at radius 3 is 2.38 bits per heavy atom. The van der Waals surface area contributed by atoms with Gasteiger partial charge in [-0.1, -0.05) is 48.9 Å². The average Bonchev–Trinajstić information content (AvgIpc) is 2.60. The molecule has 1 amide bonds. The minimum Gasteiger partial charge on any atom is -0.484 e. The average molecular weight is 353 g/mol. The minimum atomic E-state index is -0.906. The first kappa shape index (κ1) is 18.0. The van der Waals surface area contributed by atoms with Crippen molar-refractivity contribution in [1.29, 1.82) is 0 Å². The van der Waals surface area contributed by atoms with Crippen LogP contribution in [0.2, 0.25) is 0 Å². The molecule has 0 aliphatic heterocycles. The molecule has 26 heavy (non-hydrogen) atoms. The van der Waals surface area contributed by atoms with Gasteiger partial charge in [0.15, 0.2) is 0 Å². The van der Waals surface area contributed by atoms with Crippen LogP contribution in [-0.2, 0) is 9.59 Å². The Balaban J connectivity index is 1.69. The maximum atomic E-state index is 12.4. The van der Waals surface area contributed by atoms with Crippen molar-refractivity contribution in [1.82, 2.24) is 0 Å². The van der Waals surface area contributed by atoms with Crippen molar-refractivity contribution in [2.45, 2.75) is 38.7 Å². The first-order valence-electron chi connectivity index (χ1n) is 8.84. The van der Waals surface area contributed by atoms with Gasteiger partial charge >= 0.3 is 5.97 Å². The highest BCUT2D eigenvalue weighted by atomic mass is 16.5. The molecule has 0 saturated heterocycles. The fraction of sp³-hybridized carbons (Fsp3) is 0.333. The van der Waals surface area contributed by atoms with Gasteiger partial charge in [0.05, 0.1) is 11.1 Å². The molecular formula is C21H23NO4. The molecule has 1 unspecified atom stereocenters. The molecule has 1 aliphatic rings. The van der Waals surface area contributed by atoms with Crippen LogP contribution in [0, 0.1) is 5.41 Å². The second-order valence-electron chi connectivity index (χ2n) is 6.83. The summed E-state index contributed by atoms with van der Waals surface area (Å²) in [5, 5.41) is 12.2. The summed E-state index contributed by atoms with van der Waals surface area (Å²) in [5.41, 5.74) is 0.685. The molecule has 136 valence electrons. The van der Waals surface area contributed by atoms with Crippen molar-refractivity contribution in [2.75, 3.05) is 5.32 Å². The third kappa shape index (κ3) is 3.87. The summed E-state index contributed by atoms with van der Waals surface area (Å²) in [5.74, 6) is -0.619. The van der Waals surface area contributed by atoms with E-state index in [1.54, 1.807) is 12.1 Å². The van der Waals surface area contributed by atoms with Crippen LogP contribution in [0.5, 0.6) is 5.75 Å². The Kier molecular flexibility index (Phi) is 5.26. The van der Waals surface area contributed by atoms with Gasteiger partial charge in [-0.05, 0) is 37.5 Å². The number of para-hydroxylation sites is 2. The predicted octanol–water partition coefficient (Wildman–Crippen LogP) is 4.41. The Bertz CT molecular complexity index is 784. The molecule has 2 N–H and O–H groups in total. The van der Waals surface area contributed by atoms with E-state index in [9.17, 15) is 14.7 Å². The van der Waals surface area contributed by atoms with Crippen LogP contribution < -0.4 is 10.1 Å². The molecule has 0 radical (unpaired) electrons. The zero-order valence-electron chi connectivity index (χ0n) is 14.8. The van der Waals surface area contributed by atoms with E-state index in [0.717, 1.165) is 12.0 Å². The van der Waals surface area contributed by atoms with Crippen molar-refractivity contribution < 1.29 is 19.4 Å². The molecule has 0 bridgehead atoms. The standard InChI is InChI=1S/C21H23NO4/c1-15(16-8-3-2-4-9-16)26-18-11-6-5-10-17(18)22-19(23)14-21(20(24)25)12-7-13-21/h2-6,8-11,15H,7,12-14H2,1H3,(H,22,23)(H,24,25). The highest BCUT2D eigenvalue weighted by Crippen LogP contribution is 2.44. The molecule has 1 atom stereocenters. The summed E-state index contributed by atoms with van der Waals surface area (Å²) < 4.78 is 6.02. The van der Waals surface area contributed by atoms with Gasteiger partial charge in [0.1, 0.15) is 11.9 Å². The van der Waals surface area contributed by atoms with E-state index in [2.05, 4.69) is 5.32 Å². The number of rotatable bonds is 7. The number of hydrogen-bond donors (Lipinski definition) is 2. The second kappa shape index (κ2) is 7.60. The first-order chi connectivity index (χ1) is 12.5. The number of carboxylic acid groups (broad SMARTS) is 1. The molecule has 1 fully saturated rings. The highest BCUT2D eigenvalue weighted by Gasteiger charge is 2.45. The summed E-state index contributed by atoms with van der Waals surface area (Å²) in [6.07, 6.45) is 1.78. The van der Waals surface area contributed by atoms with Crippen molar-refractivity contribution in [3.8, 4) is 5.75 Å². The summed E-state index contributed by atoms with van der Waals surface area (Å²) in [7, 11) is 0. The van der Waals surface area contributed by atoms with Crippen LogP contribution in [0.15, 0.2) is 54.6 Å². The maximum absolute atomic E-state index is 12.4. The smallest absolute Gasteiger partial charge is 0.310 e. The van der Waals surface area contributed by atoms with Crippen LogP contribution in [0.3, 0.4) is 0 Å². The van der Waals surface area contributed by atoms with Gasteiger partial charge in [-0.25, -0.2) is 0 Å². The number of carbonyl (C=O) groups is 2. The van der Waals surface area contributed by atoms with Gasteiger partial charge in [-0.2, -0.15) is 0 Å². The Morgan fingerprint density at radius 2 is 1.77 bits per heavy atom. The molecule has 2 aromatic rings. The van der Waals surface area contributed by atoms with Crippen molar-refractivity contribution >= 4 is 17.6 Å². The first-order valence-corrected chi connectivity index (χ1v) is 8.84. The summed E-state index contributed by atoms with van der Waals surface area (Å²) in [4.78, 5) is 23.9. The molecule has 1 aliphatic carbocycles. The third-order valence-electron chi connectivity index (χ3n) is 5.00. The van der Waals surface area contributed by atoms with Crippen molar-refractivity contribution in [2.24, 2.45) is 5.41 Å². The molecule has 0 aromatic heterocycles. The van der Waals surface area contributed by atoms with Gasteiger partial charge in [0, 0.05) is 6.42 Å². The van der Waals surface area contributed by atoms with Crippen molar-refractivity contribution in [3.63, 3.8) is 0 Å². The summed E-state index contributed by atoms with van der Waals surface area (Å²) in [6, 6.07) is 17.0. The molecule has 0 heterocycles. The fourth-order valence-corrected chi connectivity index (χ4v) is 3.23. The van der Waals surface area contributed by atoms with Crippen LogP contribution in [0.25, 0.3) is 0 Å². The number of ether oxygens (including phenoxy) is 1. The fourth-order valence-electron chi connectivity index (χ4n) is 3.23. The third-order valence-corrected chi connectivity index (χ3v) is 5.00. The number of hydrogen-bond acceptors (Lipinski definition) is 3. The maximum Gasteiger partial charge on any atom is 0.310 e. The van der Waals surface area contributed by atoms with Crippen LogP contribution in [-0.4, -0.2) is 17.0 Å². The van der Waals surface area contributed by atoms with Crippen LogP contribution in [0.1, 0.15) is 44.3 Å². The number of carbonyl (C=O) groups excluding carboxylic acids is 1. The zero-order chi connectivity index (χ0) is 18.6. The largest absolute Gasteiger partial charge is 0.484 e. The lowest BCUT2D eigenvalue weighted by Crippen LogP contribution is -2.41. The van der Waals surface area contributed by atoms with Gasteiger partial charge in [-0.15, -0.1) is 0 Å². The number of benzene rings is 2. The number of aliphatic carboxylic acids is 1. The molecule has 5 heteroatoms. The van der Waals surface area contributed by atoms with E-state index < -0.39 is 11.4 Å². The minimum absolute atomic E-state index is 0.00902. The quantitative estimate of drug-likeness (QED) is 0.773. The number of nitrogens with one attached hydrogen (secondary N) is 1. The molecule has 0 spiro atoms. The van der Waals surface area contributed by atoms with Gasteiger partial charge in [0.25, 0.3) is 0 Å². The van der Waals surface area contributed by atoms with E-state index >= 15 is 0 Å². The van der Waals surface area contributed by atoms with Gasteiger partial charge in [-0.3, -0.25) is 9.59 Å². The molecular weight excluding hydrogens is 330 g/mol. The summed E-state index contributed by atoms with van der Waals surface area (Å²) >= 11 is 0. The normalized spacial score (nSPS) is 16.2. The Hall–Kier alpha value is -2.82. The SMILES string of the molecule is CC(Oc1ccccc1NC(=O)CC1(C(=O)O)CCC1)c1ccccc1. The van der Waals surface area contributed by atoms with Crippen molar-refractivity contribution in [3.05, 3.63) is 60.2 Å². The topological polar surface area (TPSA) is 75.6 Å². The number of amides is 1. The van der Waals surface area contributed by atoms with E-state index in [1.165, 1.54) is 0 Å². The summed E-state index contributed by atoms with van der Waals surface area (Å²) in [6.45, 7) is 1.95. The van der Waals surface area contributed by atoms with Crippen LogP contribution in [0.4, 0.5) is 5.69 Å². The highest BCUT2D eigenvalue weighted by molar-refractivity contribution is 5.95. The van der Waals surface area contributed by atoms with Gasteiger partial charge in [0.2, 0.25) is 5.91 Å². The molecule has 3 rings (SSSR count). The van der Waals surface area contributed by atoms with Crippen LogP contribution >= 0.6 is 0 Å². The van der Waals surface area contributed by atoms with E-state index in [0.29, 0.717) is 24.3 Å². The lowest BCUT2D eigenvalue weighted by molar-refractivity contribution is -0.157. The Labute approximate surface area is 153 Å². The molecule has 2 aromatic carbocycles. The number of carboxylic acids is 1. The zero-order valence-corrected chi connectivity index (χ0v) is 14.8. The lowest BCUT2D eigenvalue weighted by Gasteiger charge is -2.36. The molecule has 1 saturated carbocycles. The molecule has 5 nitrogen and oxygen atoms in total. The predicted molar refractivity (Wildman–Crippen MR) is 99.1 cm³/mol. The van der Waals surface area contributed by atoms with E-state index in [1.807, 2.05) is 49.4 Å². The monoisotopic (exact) mass is 353 g/mol. The van der Waals surface area contributed by atoms with E-state index in [4.69, 9.17) is 4.74 Å². The second-order valence-corrected chi connectivity index (χ2v) is 6.83. The Morgan fingerprint density at radius 1 is 1.12 bits per heavy atom. The van der Waals surface area contributed by atoms with E-state index in [-0.39, 0.29) is 18.4 Å². The number of anilines is 1.